The number of carbonyl (C=O) groups excluding carboxylic acids is 2. The second kappa shape index (κ2) is 25.2. The summed E-state index contributed by atoms with van der Waals surface area (Å²) in [6.45, 7) is 23.6. The number of quaternary nitrogens is 1. The van der Waals surface area contributed by atoms with Crippen LogP contribution >= 0.6 is 23.4 Å². The highest BCUT2D eigenvalue weighted by atomic mass is 35.5. The Bertz CT molecular complexity index is 2490. The monoisotopic (exact) mass is 1120 g/mol. The summed E-state index contributed by atoms with van der Waals surface area (Å²) < 4.78 is 57.7. The second-order valence-electron chi connectivity index (χ2n) is 24.3. The highest BCUT2D eigenvalue weighted by Gasteiger charge is 2.65. The standard InChI is InChI=1S/C58H85ClF2N10O6S/c1-9-63-46(72)31-44-51-68-67-37(4)70(51)53-47(35(2)36(3)78-53)50(65-44)42-18-19-45(49(61)48(42)60)76-29-27-74-26-28-75-40-20-22-69(23-21-40)56-64-33-39(34-71(56)24-14-12-10-11-13-15-25-71)52(73)66-54-57(5,6)55(58(54,7)8)77-41-17-16-38(32-62)43(59)30-41/h16-19,30,35-37,39-40,44,47,51,53-56,64,67-68H,9-15,20-29,31,33-34H2,1-8H3,(H-,63,66,72,73)/p+1/t35?,36?,37?,39?,44-,47?,51?,53?,54?,55?,56?/m0/s1. The van der Waals surface area contributed by atoms with E-state index in [-0.39, 0.29) is 119 Å². The van der Waals surface area contributed by atoms with Gasteiger partial charge in [0.25, 0.3) is 0 Å². The summed E-state index contributed by atoms with van der Waals surface area (Å²) in [5.74, 6) is -1.94. The van der Waals surface area contributed by atoms with Crippen molar-refractivity contribution in [2.24, 2.45) is 33.6 Å². The molecule has 6 aliphatic heterocycles. The molecule has 2 amide bonds. The topological polar surface area (TPSA) is 174 Å². The fraction of sp³-hybridized carbons (Fsp3) is 0.724. The van der Waals surface area contributed by atoms with Gasteiger partial charge in [0.05, 0.1) is 97.9 Å². The number of nitrogens with one attached hydrogen (secondary N) is 5. The van der Waals surface area contributed by atoms with Crippen LogP contribution in [0.25, 0.3) is 0 Å². The van der Waals surface area contributed by atoms with E-state index < -0.39 is 17.7 Å². The van der Waals surface area contributed by atoms with Crippen molar-refractivity contribution in [1.29, 1.82) is 5.26 Å². The van der Waals surface area contributed by atoms with Crippen LogP contribution in [0.4, 0.5) is 8.78 Å². The Morgan fingerprint density at radius 3 is 2.35 bits per heavy atom. The number of nitrogens with zero attached hydrogens (tertiary/aromatic N) is 5. The van der Waals surface area contributed by atoms with E-state index in [0.29, 0.717) is 48.4 Å². The summed E-state index contributed by atoms with van der Waals surface area (Å²) >= 11 is 8.17. The highest BCUT2D eigenvalue weighted by Crippen LogP contribution is 2.56. The maximum Gasteiger partial charge on any atom is 0.230 e. The lowest BCUT2D eigenvalue weighted by Gasteiger charge is -2.63. The van der Waals surface area contributed by atoms with E-state index in [2.05, 4.69) is 91.1 Å². The van der Waals surface area contributed by atoms with Crippen LogP contribution in [0.1, 0.15) is 124 Å². The molecule has 0 radical (unpaired) electrons. The Labute approximate surface area is 470 Å². The molecule has 430 valence electrons. The molecular weight excluding hydrogens is 1040 g/mol. The van der Waals surface area contributed by atoms with Gasteiger partial charge in [-0.3, -0.25) is 29.3 Å². The Morgan fingerprint density at radius 1 is 0.949 bits per heavy atom. The summed E-state index contributed by atoms with van der Waals surface area (Å²) in [5, 5.41) is 20.3. The van der Waals surface area contributed by atoms with E-state index in [1.807, 2.05) is 18.7 Å². The number of piperidine rings is 1. The number of nitriles is 1. The van der Waals surface area contributed by atoms with Gasteiger partial charge in [0.15, 0.2) is 11.6 Å². The SMILES string of the molecule is CCNC(=O)C[C@@H]1N=C(c2ccc(OCCOCCOC3CCN(C4NCC(C(=O)NC5C(C)(C)C(Oc6ccc(C#N)c(Cl)c6)C5(C)C)C[N+]45CCCCCCCC5)CC3)c(F)c2F)C2C(C)C(C)SC2N2C(C)NNC12. The van der Waals surface area contributed by atoms with Crippen LogP contribution in [0.5, 0.6) is 11.5 Å². The maximum atomic E-state index is 16.3. The number of amides is 2. The zero-order chi connectivity index (χ0) is 55.5. The first kappa shape index (κ1) is 59.0. The van der Waals surface area contributed by atoms with Crippen molar-refractivity contribution in [3.8, 4) is 17.6 Å². The molecule has 9 rings (SSSR count). The fourth-order valence-electron chi connectivity index (χ4n) is 14.5. The summed E-state index contributed by atoms with van der Waals surface area (Å²) in [7, 11) is 0. The van der Waals surface area contributed by atoms with Crippen molar-refractivity contribution in [2.75, 3.05) is 72.2 Å². The third-order valence-electron chi connectivity index (χ3n) is 18.4. The summed E-state index contributed by atoms with van der Waals surface area (Å²) in [6.07, 6.45) is 8.80. The molecule has 78 heavy (non-hydrogen) atoms. The predicted molar refractivity (Wildman–Crippen MR) is 300 cm³/mol. The first-order valence-electron chi connectivity index (χ1n) is 29.0. The van der Waals surface area contributed by atoms with Crippen molar-refractivity contribution in [3.05, 3.63) is 58.1 Å². The minimum absolute atomic E-state index is 0.0344. The number of hydrogen-bond donors (Lipinski definition) is 5. The summed E-state index contributed by atoms with van der Waals surface area (Å²) in [4.78, 5) is 37.4. The van der Waals surface area contributed by atoms with E-state index in [1.54, 1.807) is 24.3 Å². The van der Waals surface area contributed by atoms with Gasteiger partial charge in [-0.05, 0) is 82.6 Å². The second-order valence-corrected chi connectivity index (χ2v) is 26.2. The van der Waals surface area contributed by atoms with Crippen molar-refractivity contribution >= 4 is 40.9 Å². The van der Waals surface area contributed by atoms with Crippen LogP contribution in [0.2, 0.25) is 5.02 Å². The van der Waals surface area contributed by atoms with Crippen LogP contribution in [-0.2, 0) is 19.1 Å². The Kier molecular flexibility index (Phi) is 19.1. The lowest BCUT2D eigenvalue weighted by molar-refractivity contribution is -0.972. The van der Waals surface area contributed by atoms with Gasteiger partial charge in [-0.25, -0.2) is 20.1 Å². The fourth-order valence-corrected chi connectivity index (χ4v) is 16.5. The van der Waals surface area contributed by atoms with E-state index >= 15 is 8.78 Å². The molecule has 6 heterocycles. The molecule has 1 saturated carbocycles. The molecule has 5 saturated heterocycles. The highest BCUT2D eigenvalue weighted by molar-refractivity contribution is 8.00. The van der Waals surface area contributed by atoms with Crippen LogP contribution in [0, 0.1) is 51.5 Å². The van der Waals surface area contributed by atoms with E-state index in [0.717, 1.165) is 62.9 Å². The van der Waals surface area contributed by atoms with Gasteiger partial charge in [0.1, 0.15) is 24.5 Å². The summed E-state index contributed by atoms with van der Waals surface area (Å²) in [5.41, 5.74) is 6.96. The van der Waals surface area contributed by atoms with Gasteiger partial charge in [0, 0.05) is 65.8 Å². The molecular formula is C58H86ClF2N10O6S+. The molecule has 20 heteroatoms. The number of carbonyl (C=O) groups is 2. The molecule has 9 atom stereocenters. The Morgan fingerprint density at radius 2 is 1.65 bits per heavy atom. The number of rotatable bonds is 17. The number of hydrogen-bond acceptors (Lipinski definition) is 14. The van der Waals surface area contributed by atoms with Gasteiger partial charge < -0.3 is 29.6 Å². The van der Waals surface area contributed by atoms with Crippen molar-refractivity contribution in [2.45, 2.75) is 167 Å². The molecule has 0 aromatic heterocycles. The number of aliphatic imine (C=N–C) groups is 1. The number of fused-ring (bicyclic) bond motifs is 3. The number of hydrazine groups is 1. The molecule has 16 nitrogen and oxygen atoms in total. The van der Waals surface area contributed by atoms with Gasteiger partial charge in [-0.15, -0.1) is 11.8 Å². The third kappa shape index (κ3) is 12.2. The van der Waals surface area contributed by atoms with Crippen molar-refractivity contribution in [3.63, 3.8) is 0 Å². The summed E-state index contributed by atoms with van der Waals surface area (Å²) in [6, 6.07) is 9.69. The number of thioether (sulfide) groups is 1. The van der Waals surface area contributed by atoms with Crippen LogP contribution in [-0.4, -0.2) is 158 Å². The average Bonchev–Trinajstić information content (AvgIpc) is 4.06. The molecule has 2 aromatic carbocycles. The number of ether oxygens (including phenoxy) is 4. The van der Waals surface area contributed by atoms with Crippen molar-refractivity contribution in [1.82, 2.24) is 36.6 Å². The first-order chi connectivity index (χ1) is 37.4. The normalized spacial score (nSPS) is 32.0. The van der Waals surface area contributed by atoms with E-state index in [9.17, 15) is 14.9 Å². The first-order valence-corrected chi connectivity index (χ1v) is 30.3. The van der Waals surface area contributed by atoms with E-state index in [4.69, 9.17) is 35.5 Å². The minimum atomic E-state index is -1.07. The molecule has 1 spiro atoms. The van der Waals surface area contributed by atoms with Gasteiger partial charge in [-0.1, -0.05) is 66.0 Å². The molecule has 2 aromatic rings. The molecule has 8 unspecified atom stereocenters. The van der Waals surface area contributed by atoms with Crippen LogP contribution < -0.4 is 36.3 Å². The minimum Gasteiger partial charge on any atom is -0.489 e. The van der Waals surface area contributed by atoms with E-state index in [1.165, 1.54) is 31.7 Å². The zero-order valence-corrected chi connectivity index (χ0v) is 48.8. The largest absolute Gasteiger partial charge is 0.489 e. The smallest absolute Gasteiger partial charge is 0.230 e. The molecule has 5 N–H and O–H groups in total. The number of likely N-dealkylation sites (tertiary alicyclic amines) is 1. The van der Waals surface area contributed by atoms with Gasteiger partial charge in [0.2, 0.25) is 23.9 Å². The molecule has 6 fully saturated rings. The predicted octanol–water partition coefficient (Wildman–Crippen LogP) is 7.53. The quantitative estimate of drug-likeness (QED) is 0.0778. The maximum absolute atomic E-state index is 16.3. The van der Waals surface area contributed by atoms with Crippen molar-refractivity contribution < 1.29 is 41.8 Å². The molecule has 7 aliphatic rings. The van der Waals surface area contributed by atoms with Crippen LogP contribution in [0.15, 0.2) is 35.3 Å². The Hall–Kier alpha value is -3.68. The number of halogens is 3. The van der Waals surface area contributed by atoms with Gasteiger partial charge in [-0.2, -0.15) is 9.65 Å². The van der Waals surface area contributed by atoms with Crippen LogP contribution in [0.3, 0.4) is 0 Å². The lowest BCUT2D eigenvalue weighted by atomic mass is 9.49. The third-order valence-corrected chi connectivity index (χ3v) is 20.3. The zero-order valence-electron chi connectivity index (χ0n) is 47.2. The number of benzene rings is 2. The molecule has 1 aliphatic carbocycles. The lowest BCUT2D eigenvalue weighted by Crippen LogP contribution is -2.77. The molecule has 0 bridgehead atoms. The van der Waals surface area contributed by atoms with Gasteiger partial charge >= 0.3 is 0 Å². The Balaban J connectivity index is 0.747. The average molecular weight is 1120 g/mol.